The highest BCUT2D eigenvalue weighted by molar-refractivity contribution is 5.96. The Labute approximate surface area is 130 Å². The standard InChI is InChI=1S/C14H14N6O3/c1-7-11(8(2)19-18-7)14(22)16-6-10-17-12(20-23-10)9-4-3-5-15-13(9)21/h3-5H,6H2,1-2H3,(H,15,21)(H,16,22)(H,18,19). The van der Waals surface area contributed by atoms with Crippen LogP contribution in [0.4, 0.5) is 0 Å². The Morgan fingerprint density at radius 2 is 2.22 bits per heavy atom. The van der Waals surface area contributed by atoms with Crippen LogP contribution in [0.15, 0.2) is 27.6 Å². The first-order valence-electron chi connectivity index (χ1n) is 6.86. The van der Waals surface area contributed by atoms with Crippen molar-refractivity contribution in [3.63, 3.8) is 0 Å². The minimum Gasteiger partial charge on any atom is -0.343 e. The van der Waals surface area contributed by atoms with Gasteiger partial charge in [-0.15, -0.1) is 0 Å². The predicted octanol–water partition coefficient (Wildman–Crippen LogP) is 0.695. The Bertz CT molecular complexity index is 888. The summed E-state index contributed by atoms with van der Waals surface area (Å²) in [5.74, 6) is 0.0910. The van der Waals surface area contributed by atoms with Gasteiger partial charge in [0.1, 0.15) is 0 Å². The van der Waals surface area contributed by atoms with Crippen LogP contribution in [0.25, 0.3) is 11.4 Å². The molecule has 0 atom stereocenters. The van der Waals surface area contributed by atoms with Gasteiger partial charge in [0.2, 0.25) is 11.7 Å². The molecule has 0 aromatic carbocycles. The molecule has 3 heterocycles. The topological polar surface area (TPSA) is 130 Å². The van der Waals surface area contributed by atoms with Gasteiger partial charge in [-0.05, 0) is 26.0 Å². The van der Waals surface area contributed by atoms with E-state index in [1.807, 2.05) is 0 Å². The summed E-state index contributed by atoms with van der Waals surface area (Å²) in [6.07, 6.45) is 1.52. The van der Waals surface area contributed by atoms with Crippen LogP contribution < -0.4 is 10.9 Å². The second kappa shape index (κ2) is 5.87. The molecular formula is C14H14N6O3. The first-order chi connectivity index (χ1) is 11.1. The first kappa shape index (κ1) is 14.7. The lowest BCUT2D eigenvalue weighted by atomic mass is 10.2. The van der Waals surface area contributed by atoms with Crippen LogP contribution in [-0.2, 0) is 6.54 Å². The highest BCUT2D eigenvalue weighted by Crippen LogP contribution is 2.11. The van der Waals surface area contributed by atoms with Crippen molar-refractivity contribution in [2.24, 2.45) is 0 Å². The fraction of sp³-hybridized carbons (Fsp3) is 0.214. The minimum atomic E-state index is -0.312. The minimum absolute atomic E-state index is 0.0562. The molecule has 0 saturated heterocycles. The molecule has 9 heteroatoms. The summed E-state index contributed by atoms with van der Waals surface area (Å²) < 4.78 is 5.05. The lowest BCUT2D eigenvalue weighted by molar-refractivity contribution is 0.0945. The zero-order valence-electron chi connectivity index (χ0n) is 12.5. The molecule has 0 bridgehead atoms. The number of rotatable bonds is 4. The molecule has 0 unspecified atom stereocenters. The van der Waals surface area contributed by atoms with Gasteiger partial charge >= 0.3 is 0 Å². The monoisotopic (exact) mass is 314 g/mol. The van der Waals surface area contributed by atoms with Crippen LogP contribution in [0.3, 0.4) is 0 Å². The van der Waals surface area contributed by atoms with Crippen LogP contribution >= 0.6 is 0 Å². The largest absolute Gasteiger partial charge is 0.343 e. The van der Waals surface area contributed by atoms with Gasteiger partial charge in [0, 0.05) is 11.9 Å². The van der Waals surface area contributed by atoms with E-state index in [4.69, 9.17) is 4.52 Å². The van der Waals surface area contributed by atoms with E-state index in [2.05, 4.69) is 30.6 Å². The van der Waals surface area contributed by atoms with Crippen molar-refractivity contribution in [3.05, 3.63) is 51.5 Å². The molecular weight excluding hydrogens is 300 g/mol. The maximum atomic E-state index is 12.1. The van der Waals surface area contributed by atoms with Crippen LogP contribution in [0.1, 0.15) is 27.6 Å². The van der Waals surface area contributed by atoms with E-state index < -0.39 is 0 Å². The van der Waals surface area contributed by atoms with Crippen LogP contribution in [0, 0.1) is 13.8 Å². The Morgan fingerprint density at radius 3 is 2.91 bits per heavy atom. The summed E-state index contributed by atoms with van der Waals surface area (Å²) in [4.78, 5) is 30.4. The third-order valence-electron chi connectivity index (χ3n) is 3.28. The highest BCUT2D eigenvalue weighted by atomic mass is 16.5. The number of pyridine rings is 1. The molecule has 0 fully saturated rings. The third-order valence-corrected chi connectivity index (χ3v) is 3.28. The fourth-order valence-electron chi connectivity index (χ4n) is 2.16. The summed E-state index contributed by atoms with van der Waals surface area (Å²) in [7, 11) is 0. The second-order valence-electron chi connectivity index (χ2n) is 4.92. The number of carbonyl (C=O) groups excluding carboxylic acids is 1. The number of aryl methyl sites for hydroxylation is 2. The van der Waals surface area contributed by atoms with Gasteiger partial charge in [0.05, 0.1) is 23.4 Å². The Balaban J connectivity index is 1.72. The number of hydrogen-bond donors (Lipinski definition) is 3. The molecule has 0 saturated carbocycles. The van der Waals surface area contributed by atoms with Crippen LogP contribution in [0.2, 0.25) is 0 Å². The van der Waals surface area contributed by atoms with E-state index in [0.29, 0.717) is 22.5 Å². The number of amides is 1. The predicted molar refractivity (Wildman–Crippen MR) is 79.6 cm³/mol. The molecule has 9 nitrogen and oxygen atoms in total. The van der Waals surface area contributed by atoms with Crippen molar-refractivity contribution in [2.75, 3.05) is 0 Å². The van der Waals surface area contributed by atoms with E-state index >= 15 is 0 Å². The lowest BCUT2D eigenvalue weighted by Crippen LogP contribution is -2.24. The van der Waals surface area contributed by atoms with Crippen molar-refractivity contribution in [1.82, 2.24) is 30.6 Å². The summed E-state index contributed by atoms with van der Waals surface area (Å²) >= 11 is 0. The smallest absolute Gasteiger partial charge is 0.259 e. The highest BCUT2D eigenvalue weighted by Gasteiger charge is 2.17. The molecule has 0 radical (unpaired) electrons. The molecule has 3 aromatic heterocycles. The molecule has 23 heavy (non-hydrogen) atoms. The van der Waals surface area contributed by atoms with Crippen LogP contribution in [-0.4, -0.2) is 31.2 Å². The van der Waals surface area contributed by atoms with Gasteiger partial charge in [-0.1, -0.05) is 5.16 Å². The molecule has 3 N–H and O–H groups in total. The van der Waals surface area contributed by atoms with Gasteiger partial charge in [-0.2, -0.15) is 10.1 Å². The Hall–Kier alpha value is -3.23. The number of nitrogens with zero attached hydrogens (tertiary/aromatic N) is 3. The van der Waals surface area contributed by atoms with Crippen molar-refractivity contribution < 1.29 is 9.32 Å². The number of hydrogen-bond acceptors (Lipinski definition) is 6. The van der Waals surface area contributed by atoms with E-state index in [1.54, 1.807) is 26.0 Å². The number of aromatic amines is 2. The van der Waals surface area contributed by atoms with Crippen LogP contribution in [0.5, 0.6) is 0 Å². The molecule has 0 aliphatic rings. The molecule has 1 amide bonds. The maximum Gasteiger partial charge on any atom is 0.259 e. The summed E-state index contributed by atoms with van der Waals surface area (Å²) in [6.45, 7) is 3.56. The molecule has 3 aromatic rings. The molecule has 0 spiro atoms. The molecule has 0 aliphatic carbocycles. The zero-order chi connectivity index (χ0) is 16.4. The second-order valence-corrected chi connectivity index (χ2v) is 4.92. The number of H-pyrrole nitrogens is 2. The average Bonchev–Trinajstić information content (AvgIpc) is 3.12. The van der Waals surface area contributed by atoms with Gasteiger partial charge < -0.3 is 14.8 Å². The Kier molecular flexibility index (Phi) is 3.75. The summed E-state index contributed by atoms with van der Waals surface area (Å²) in [5.41, 5.74) is 1.78. The zero-order valence-corrected chi connectivity index (χ0v) is 12.5. The van der Waals surface area contributed by atoms with E-state index in [1.165, 1.54) is 6.20 Å². The van der Waals surface area contributed by atoms with Gasteiger partial charge in [-0.3, -0.25) is 14.7 Å². The number of carbonyl (C=O) groups is 1. The SMILES string of the molecule is Cc1n[nH]c(C)c1C(=O)NCc1nc(-c2ccc[nH]c2=O)no1. The number of aromatic nitrogens is 5. The van der Waals surface area contributed by atoms with Crippen molar-refractivity contribution in [2.45, 2.75) is 20.4 Å². The maximum absolute atomic E-state index is 12.1. The van der Waals surface area contributed by atoms with Crippen molar-refractivity contribution in [1.29, 1.82) is 0 Å². The van der Waals surface area contributed by atoms with Gasteiger partial charge in [0.25, 0.3) is 11.5 Å². The quantitative estimate of drug-likeness (QED) is 0.650. The lowest BCUT2D eigenvalue weighted by Gasteiger charge is -2.01. The molecule has 118 valence electrons. The van der Waals surface area contributed by atoms with Crippen molar-refractivity contribution >= 4 is 5.91 Å². The number of nitrogens with one attached hydrogen (secondary N) is 3. The van der Waals surface area contributed by atoms with Gasteiger partial charge in [0.15, 0.2) is 0 Å². The summed E-state index contributed by atoms with van der Waals surface area (Å²) in [5, 5.41) is 13.1. The fourth-order valence-corrected chi connectivity index (χ4v) is 2.16. The van der Waals surface area contributed by atoms with Crippen molar-refractivity contribution in [3.8, 4) is 11.4 Å². The molecule has 0 aliphatic heterocycles. The third kappa shape index (κ3) is 2.89. The average molecular weight is 314 g/mol. The van der Waals surface area contributed by atoms with Gasteiger partial charge in [-0.25, -0.2) is 0 Å². The molecule has 3 rings (SSSR count). The van der Waals surface area contributed by atoms with E-state index in [9.17, 15) is 9.59 Å². The first-order valence-corrected chi connectivity index (χ1v) is 6.86. The van der Waals surface area contributed by atoms with E-state index in [-0.39, 0.29) is 29.7 Å². The summed E-state index contributed by atoms with van der Waals surface area (Å²) in [6, 6.07) is 3.25. The Morgan fingerprint density at radius 1 is 1.39 bits per heavy atom. The van der Waals surface area contributed by atoms with E-state index in [0.717, 1.165) is 0 Å². The normalized spacial score (nSPS) is 10.7.